The minimum Gasteiger partial charge on any atom is -0.496 e. The molecule has 0 bridgehead atoms. The van der Waals surface area contributed by atoms with Gasteiger partial charge in [0.1, 0.15) is 5.75 Å². The summed E-state index contributed by atoms with van der Waals surface area (Å²) in [6.07, 6.45) is 2.05. The number of ketones is 1. The number of likely N-dealkylation sites (tertiary alicyclic amines) is 1. The van der Waals surface area contributed by atoms with Gasteiger partial charge in [0.05, 0.1) is 13.0 Å². The van der Waals surface area contributed by atoms with Crippen molar-refractivity contribution in [1.29, 1.82) is 0 Å². The molecule has 0 aromatic heterocycles. The van der Waals surface area contributed by atoms with Gasteiger partial charge in [0, 0.05) is 29.1 Å². The Morgan fingerprint density at radius 3 is 2.69 bits per heavy atom. The van der Waals surface area contributed by atoms with E-state index in [1.54, 1.807) is 7.11 Å². The Labute approximate surface area is 161 Å². The number of carbonyl (C=O) groups excluding carboxylic acids is 1. The van der Waals surface area contributed by atoms with E-state index in [0.717, 1.165) is 53.6 Å². The summed E-state index contributed by atoms with van der Waals surface area (Å²) in [5, 5.41) is 2.09. The molecule has 1 unspecified atom stereocenters. The molecule has 0 spiro atoms. The fraction of sp³-hybridized carbons (Fsp3) is 0.500. The van der Waals surface area contributed by atoms with Crippen molar-refractivity contribution in [2.45, 2.75) is 45.0 Å². The molecule has 0 saturated carbocycles. The van der Waals surface area contributed by atoms with E-state index < -0.39 is 0 Å². The van der Waals surface area contributed by atoms with Crippen LogP contribution in [0, 0.1) is 5.92 Å². The third-order valence-electron chi connectivity index (χ3n) is 5.47. The molecular weight excluding hydrogens is 346 g/mol. The first kappa shape index (κ1) is 19.2. The summed E-state index contributed by atoms with van der Waals surface area (Å²) < 4.78 is 5.40. The van der Waals surface area contributed by atoms with Crippen molar-refractivity contribution in [2.75, 3.05) is 20.2 Å². The van der Waals surface area contributed by atoms with Crippen molar-refractivity contribution in [3.8, 4) is 5.75 Å². The van der Waals surface area contributed by atoms with E-state index in [1.807, 2.05) is 30.3 Å². The number of hydrogen-bond acceptors (Lipinski definition) is 3. The van der Waals surface area contributed by atoms with Crippen molar-refractivity contribution in [3.63, 3.8) is 0 Å². The predicted molar refractivity (Wildman–Crippen MR) is 108 cm³/mol. The zero-order valence-corrected chi connectivity index (χ0v) is 16.9. The summed E-state index contributed by atoms with van der Waals surface area (Å²) in [7, 11) is 1.65. The molecule has 1 atom stereocenters. The number of methoxy groups -OCH3 is 1. The van der Waals surface area contributed by atoms with Crippen LogP contribution in [0.4, 0.5) is 0 Å². The number of benzene rings is 2. The summed E-state index contributed by atoms with van der Waals surface area (Å²) in [5.74, 6) is 1.51. The first-order valence-electron chi connectivity index (χ1n) is 9.30. The molecule has 3 rings (SSSR count). The van der Waals surface area contributed by atoms with Crippen molar-refractivity contribution >= 4 is 28.2 Å². The highest BCUT2D eigenvalue weighted by Crippen LogP contribution is 2.32. The predicted octanol–water partition coefficient (Wildman–Crippen LogP) is 5.28. The van der Waals surface area contributed by atoms with Gasteiger partial charge in [-0.1, -0.05) is 18.2 Å². The number of halogens is 1. The van der Waals surface area contributed by atoms with Crippen LogP contribution in [0.1, 0.15) is 49.5 Å². The van der Waals surface area contributed by atoms with Crippen LogP contribution in [0.3, 0.4) is 0 Å². The number of rotatable bonds is 4. The maximum absolute atomic E-state index is 13.1. The number of ether oxygens (including phenoxy) is 1. The van der Waals surface area contributed by atoms with Gasteiger partial charge >= 0.3 is 0 Å². The molecule has 26 heavy (non-hydrogen) atoms. The summed E-state index contributed by atoms with van der Waals surface area (Å²) in [5.41, 5.74) is 1.87. The maximum atomic E-state index is 13.1. The lowest BCUT2D eigenvalue weighted by Gasteiger charge is -2.41. The Kier molecular flexibility index (Phi) is 5.59. The SMILES string of the molecule is COc1ccc2cc(C(=O)C3CCCN(C(C)(C)C)C3)ccc2c1CCl. The Hall–Kier alpha value is -1.58. The van der Waals surface area contributed by atoms with E-state index in [9.17, 15) is 4.79 Å². The molecule has 3 nitrogen and oxygen atoms in total. The van der Waals surface area contributed by atoms with E-state index in [1.165, 1.54) is 0 Å². The van der Waals surface area contributed by atoms with E-state index in [-0.39, 0.29) is 17.2 Å². The van der Waals surface area contributed by atoms with Gasteiger partial charge in [0.2, 0.25) is 0 Å². The zero-order valence-electron chi connectivity index (χ0n) is 16.1. The van der Waals surface area contributed by atoms with Crippen LogP contribution in [0.5, 0.6) is 5.75 Å². The number of fused-ring (bicyclic) bond motifs is 1. The summed E-state index contributed by atoms with van der Waals surface area (Å²) >= 11 is 6.12. The molecular formula is C22H28ClNO2. The second kappa shape index (κ2) is 7.58. The average Bonchev–Trinajstić information content (AvgIpc) is 2.65. The molecule has 0 aliphatic carbocycles. The lowest BCUT2D eigenvalue weighted by atomic mass is 9.87. The van der Waals surface area contributed by atoms with E-state index in [0.29, 0.717) is 5.88 Å². The number of nitrogens with zero attached hydrogens (tertiary/aromatic N) is 1. The average molecular weight is 374 g/mol. The number of piperidine rings is 1. The van der Waals surface area contributed by atoms with Crippen molar-refractivity contribution < 1.29 is 9.53 Å². The fourth-order valence-corrected chi connectivity index (χ4v) is 4.17. The molecule has 1 heterocycles. The molecule has 0 radical (unpaired) electrons. The number of Topliss-reactive ketones (excluding diaryl/α,β-unsaturated/α-hetero) is 1. The second-order valence-corrected chi connectivity index (χ2v) is 8.40. The van der Waals surface area contributed by atoms with Gasteiger partial charge in [-0.25, -0.2) is 0 Å². The van der Waals surface area contributed by atoms with Crippen LogP contribution in [0.15, 0.2) is 30.3 Å². The smallest absolute Gasteiger partial charge is 0.167 e. The second-order valence-electron chi connectivity index (χ2n) is 8.14. The van der Waals surface area contributed by atoms with Crippen LogP contribution in [0.25, 0.3) is 10.8 Å². The van der Waals surface area contributed by atoms with Gasteiger partial charge in [0.15, 0.2) is 5.78 Å². The monoisotopic (exact) mass is 373 g/mol. The summed E-state index contributed by atoms with van der Waals surface area (Å²) in [4.78, 5) is 15.5. The molecule has 1 aliphatic rings. The van der Waals surface area contributed by atoms with E-state index >= 15 is 0 Å². The van der Waals surface area contributed by atoms with Crippen LogP contribution in [-0.4, -0.2) is 36.4 Å². The molecule has 0 N–H and O–H groups in total. The topological polar surface area (TPSA) is 29.5 Å². The highest BCUT2D eigenvalue weighted by atomic mass is 35.5. The Morgan fingerprint density at radius 1 is 1.27 bits per heavy atom. The van der Waals surface area contributed by atoms with Crippen LogP contribution in [-0.2, 0) is 5.88 Å². The van der Waals surface area contributed by atoms with Crippen LogP contribution in [0.2, 0.25) is 0 Å². The van der Waals surface area contributed by atoms with E-state index in [4.69, 9.17) is 16.3 Å². The van der Waals surface area contributed by atoms with Crippen molar-refractivity contribution in [1.82, 2.24) is 4.90 Å². The van der Waals surface area contributed by atoms with Gasteiger partial charge in [-0.3, -0.25) is 9.69 Å². The standard InChI is InChI=1S/C22H28ClNO2/c1-22(2,3)24-11-5-6-17(14-24)21(25)16-7-9-18-15(12-16)8-10-20(26-4)19(18)13-23/h7-10,12,17H,5-6,11,13-14H2,1-4H3. The van der Waals surface area contributed by atoms with Gasteiger partial charge < -0.3 is 4.74 Å². The van der Waals surface area contributed by atoms with Gasteiger partial charge in [-0.05, 0) is 63.1 Å². The Balaban J connectivity index is 1.89. The number of alkyl halides is 1. The summed E-state index contributed by atoms with van der Waals surface area (Å²) in [6.45, 7) is 8.57. The molecule has 0 amide bonds. The fourth-order valence-electron chi connectivity index (χ4n) is 3.89. The first-order valence-corrected chi connectivity index (χ1v) is 9.83. The zero-order chi connectivity index (χ0) is 18.9. The largest absolute Gasteiger partial charge is 0.496 e. The number of hydrogen-bond donors (Lipinski definition) is 0. The normalized spacial score (nSPS) is 18.9. The van der Waals surface area contributed by atoms with Gasteiger partial charge in [-0.2, -0.15) is 0 Å². The summed E-state index contributed by atoms with van der Waals surface area (Å²) in [6, 6.07) is 9.88. The molecule has 4 heteroatoms. The molecule has 1 aliphatic heterocycles. The van der Waals surface area contributed by atoms with Crippen molar-refractivity contribution in [3.05, 3.63) is 41.5 Å². The Morgan fingerprint density at radius 2 is 2.04 bits per heavy atom. The van der Waals surface area contributed by atoms with Crippen molar-refractivity contribution in [2.24, 2.45) is 5.92 Å². The third-order valence-corrected chi connectivity index (χ3v) is 5.73. The van der Waals surface area contributed by atoms with Crippen LogP contribution >= 0.6 is 11.6 Å². The quantitative estimate of drug-likeness (QED) is 0.539. The lowest BCUT2D eigenvalue weighted by molar-refractivity contribution is 0.0617. The highest BCUT2D eigenvalue weighted by molar-refractivity contribution is 6.18. The van der Waals surface area contributed by atoms with E-state index in [2.05, 4.69) is 25.7 Å². The van der Waals surface area contributed by atoms with Crippen LogP contribution < -0.4 is 4.74 Å². The van der Waals surface area contributed by atoms with Gasteiger partial charge in [-0.15, -0.1) is 11.6 Å². The molecule has 140 valence electrons. The molecule has 1 saturated heterocycles. The molecule has 1 fully saturated rings. The minimum atomic E-state index is 0.0752. The molecule has 2 aromatic carbocycles. The molecule has 2 aromatic rings. The maximum Gasteiger partial charge on any atom is 0.167 e. The first-order chi connectivity index (χ1) is 12.3. The highest BCUT2D eigenvalue weighted by Gasteiger charge is 2.31. The van der Waals surface area contributed by atoms with Gasteiger partial charge in [0.25, 0.3) is 0 Å². The number of carbonyl (C=O) groups is 1. The minimum absolute atomic E-state index is 0.0752. The lowest BCUT2D eigenvalue weighted by Crippen LogP contribution is -2.48. The third kappa shape index (κ3) is 3.74. The Bertz CT molecular complexity index is 810.